The third-order valence-corrected chi connectivity index (χ3v) is 9.81. The quantitative estimate of drug-likeness (QED) is 0.576. The first kappa shape index (κ1) is 21.6. The van der Waals surface area contributed by atoms with Gasteiger partial charge in [0.1, 0.15) is 5.69 Å². The van der Waals surface area contributed by atoms with Crippen LogP contribution in [0.3, 0.4) is 0 Å². The number of carbonyl (C=O) groups is 2. The van der Waals surface area contributed by atoms with E-state index in [-0.39, 0.29) is 23.5 Å². The number of rotatable bonds is 4. The Morgan fingerprint density at radius 2 is 2.00 bits per heavy atom. The lowest BCUT2D eigenvalue weighted by Gasteiger charge is -2.65. The maximum absolute atomic E-state index is 14.0. The number of piperidine rings is 1. The van der Waals surface area contributed by atoms with Gasteiger partial charge in [0.25, 0.3) is 5.91 Å². The second-order valence-corrected chi connectivity index (χ2v) is 11.6. The Kier molecular flexibility index (Phi) is 4.27. The fraction of sp³-hybridized carbons (Fsp3) is 0.433. The van der Waals surface area contributed by atoms with Gasteiger partial charge in [0.2, 0.25) is 0 Å². The number of hydrogen-bond acceptors (Lipinski definition) is 6. The van der Waals surface area contributed by atoms with Gasteiger partial charge in [0, 0.05) is 36.2 Å². The summed E-state index contributed by atoms with van der Waals surface area (Å²) in [6.07, 6.45) is 5.94. The van der Waals surface area contributed by atoms with Crippen LogP contribution in [0.1, 0.15) is 53.7 Å². The molecule has 2 aromatic carbocycles. The summed E-state index contributed by atoms with van der Waals surface area (Å²) in [7, 11) is 0. The monoisotopic (exact) mass is 495 g/mol. The Morgan fingerprint density at radius 1 is 1.16 bits per heavy atom. The number of pyridine rings is 1. The maximum Gasteiger partial charge on any atom is 0.270 e. The molecule has 5 aliphatic rings. The number of ether oxygens (including phenoxy) is 1. The molecule has 37 heavy (non-hydrogen) atoms. The maximum atomic E-state index is 14.0. The molecule has 1 amide bonds. The molecule has 2 bridgehead atoms. The van der Waals surface area contributed by atoms with E-state index in [0.29, 0.717) is 36.6 Å². The molecule has 188 valence electrons. The first-order valence-corrected chi connectivity index (χ1v) is 13.5. The van der Waals surface area contributed by atoms with Crippen molar-refractivity contribution in [3.63, 3.8) is 0 Å². The largest absolute Gasteiger partial charge is 0.504 e. The van der Waals surface area contributed by atoms with Crippen LogP contribution in [0.25, 0.3) is 10.8 Å². The minimum atomic E-state index is -0.695. The van der Waals surface area contributed by atoms with Crippen LogP contribution in [-0.2, 0) is 16.6 Å². The molecular formula is C30H29N3O4. The first-order valence-electron chi connectivity index (χ1n) is 13.5. The smallest absolute Gasteiger partial charge is 0.270 e. The standard InChI is InChI=1S/C30H29N3O4/c34-22-8-7-19-14-24-30(32-28(36)21-13-18-3-1-2-4-20(18)15-31-21)10-9-23(35)27-29(30,25(19)26(22)37-27)11-12-33(24)16-17-5-6-17/h1-4,7-8,13,15,17,24,27,34H,5-6,9-12,14,16H2,(H,32,36)/t24-,27+,29?,30-/m1/s1. The molecular weight excluding hydrogens is 466 g/mol. The van der Waals surface area contributed by atoms with Gasteiger partial charge in [-0.15, -0.1) is 0 Å². The van der Waals surface area contributed by atoms with E-state index in [9.17, 15) is 14.7 Å². The van der Waals surface area contributed by atoms with E-state index in [1.54, 1.807) is 12.3 Å². The third-order valence-electron chi connectivity index (χ3n) is 9.81. The summed E-state index contributed by atoms with van der Waals surface area (Å²) in [5.41, 5.74) is 1.07. The summed E-state index contributed by atoms with van der Waals surface area (Å²) >= 11 is 0. The Morgan fingerprint density at radius 3 is 2.84 bits per heavy atom. The van der Waals surface area contributed by atoms with Gasteiger partial charge in [-0.2, -0.15) is 0 Å². The number of fused-ring (bicyclic) bond motifs is 1. The van der Waals surface area contributed by atoms with Gasteiger partial charge >= 0.3 is 0 Å². The number of amides is 1. The second kappa shape index (κ2) is 7.32. The summed E-state index contributed by atoms with van der Waals surface area (Å²) in [5, 5.41) is 16.2. The van der Waals surface area contributed by atoms with Crippen LogP contribution >= 0.6 is 0 Å². The number of hydrogen-bond donors (Lipinski definition) is 2. The van der Waals surface area contributed by atoms with Crippen molar-refractivity contribution in [1.82, 2.24) is 15.2 Å². The zero-order chi connectivity index (χ0) is 24.9. The molecule has 2 aliphatic heterocycles. The van der Waals surface area contributed by atoms with Crippen molar-refractivity contribution in [2.75, 3.05) is 13.1 Å². The third kappa shape index (κ3) is 2.78. The summed E-state index contributed by atoms with van der Waals surface area (Å²) in [5.74, 6) is 1.07. The van der Waals surface area contributed by atoms with E-state index in [1.807, 2.05) is 36.4 Å². The highest BCUT2D eigenvalue weighted by Crippen LogP contribution is 2.65. The van der Waals surface area contributed by atoms with Crippen molar-refractivity contribution < 1.29 is 19.4 Å². The number of nitrogens with zero attached hydrogens (tertiary/aromatic N) is 2. The summed E-state index contributed by atoms with van der Waals surface area (Å²) in [6.45, 7) is 1.88. The number of phenols is 1. The van der Waals surface area contributed by atoms with E-state index >= 15 is 0 Å². The summed E-state index contributed by atoms with van der Waals surface area (Å²) in [4.78, 5) is 34.5. The average Bonchev–Trinajstić information content (AvgIpc) is 3.65. The molecule has 3 heterocycles. The van der Waals surface area contributed by atoms with E-state index in [4.69, 9.17) is 4.74 Å². The van der Waals surface area contributed by atoms with Gasteiger partial charge < -0.3 is 15.2 Å². The summed E-state index contributed by atoms with van der Waals surface area (Å²) in [6, 6.07) is 13.5. The molecule has 3 aromatic rings. The first-order chi connectivity index (χ1) is 18.0. The zero-order valence-electron chi connectivity index (χ0n) is 20.6. The Labute approximate surface area is 214 Å². The van der Waals surface area contributed by atoms with Crippen LogP contribution in [0.2, 0.25) is 0 Å². The fourth-order valence-corrected chi connectivity index (χ4v) is 8.04. The highest BCUT2D eigenvalue weighted by molar-refractivity contribution is 5.98. The van der Waals surface area contributed by atoms with Crippen molar-refractivity contribution in [2.24, 2.45) is 5.92 Å². The molecule has 3 fully saturated rings. The molecule has 3 aliphatic carbocycles. The molecule has 7 heteroatoms. The number of nitrogens with one attached hydrogen (secondary N) is 1. The fourth-order valence-electron chi connectivity index (χ4n) is 8.04. The minimum Gasteiger partial charge on any atom is -0.504 e. The predicted octanol–water partition coefficient (Wildman–Crippen LogP) is 3.51. The summed E-state index contributed by atoms with van der Waals surface area (Å²) < 4.78 is 6.34. The lowest BCUT2D eigenvalue weighted by molar-refractivity contribution is -0.143. The van der Waals surface area contributed by atoms with Crippen molar-refractivity contribution in [3.8, 4) is 11.5 Å². The van der Waals surface area contributed by atoms with Crippen molar-refractivity contribution in [2.45, 2.75) is 61.6 Å². The van der Waals surface area contributed by atoms with Crippen molar-refractivity contribution >= 4 is 22.5 Å². The van der Waals surface area contributed by atoms with E-state index in [0.717, 1.165) is 41.4 Å². The Balaban J connectivity index is 1.29. The molecule has 2 saturated carbocycles. The normalized spacial score (nSPS) is 31.6. The topological polar surface area (TPSA) is 91.8 Å². The number of aromatic hydroxyl groups is 1. The molecule has 4 atom stereocenters. The number of ketones is 1. The van der Waals surface area contributed by atoms with E-state index in [2.05, 4.69) is 15.2 Å². The van der Waals surface area contributed by atoms with Crippen LogP contribution in [0, 0.1) is 5.92 Å². The van der Waals surface area contributed by atoms with Crippen LogP contribution in [-0.4, -0.2) is 57.5 Å². The van der Waals surface area contributed by atoms with Gasteiger partial charge in [-0.3, -0.25) is 19.5 Å². The van der Waals surface area contributed by atoms with Gasteiger partial charge in [-0.05, 0) is 67.6 Å². The van der Waals surface area contributed by atoms with Crippen LogP contribution in [0.15, 0.2) is 48.7 Å². The lowest BCUT2D eigenvalue weighted by Crippen LogP contribution is -2.82. The van der Waals surface area contributed by atoms with Gasteiger partial charge in [0.15, 0.2) is 23.4 Å². The molecule has 8 rings (SSSR count). The van der Waals surface area contributed by atoms with E-state index < -0.39 is 17.1 Å². The Hall–Kier alpha value is -3.45. The lowest BCUT2D eigenvalue weighted by atomic mass is 9.47. The average molecular weight is 496 g/mol. The van der Waals surface area contributed by atoms with Gasteiger partial charge in [-0.1, -0.05) is 30.3 Å². The van der Waals surface area contributed by atoms with Crippen LogP contribution in [0.4, 0.5) is 0 Å². The van der Waals surface area contributed by atoms with Gasteiger partial charge in [-0.25, -0.2) is 0 Å². The zero-order valence-corrected chi connectivity index (χ0v) is 20.6. The molecule has 1 saturated heterocycles. The van der Waals surface area contributed by atoms with Crippen LogP contribution in [0.5, 0.6) is 11.5 Å². The molecule has 0 radical (unpaired) electrons. The Bertz CT molecular complexity index is 1500. The predicted molar refractivity (Wildman–Crippen MR) is 137 cm³/mol. The van der Waals surface area contributed by atoms with E-state index in [1.165, 1.54) is 12.8 Å². The molecule has 1 aromatic heterocycles. The highest BCUT2D eigenvalue weighted by Gasteiger charge is 2.74. The second-order valence-electron chi connectivity index (χ2n) is 11.6. The highest BCUT2D eigenvalue weighted by atomic mass is 16.5. The molecule has 1 unspecified atom stereocenters. The number of Topliss-reactive ketones (excluding diaryl/α,β-unsaturated/α-hetero) is 1. The molecule has 2 N–H and O–H groups in total. The number of likely N-dealkylation sites (tertiary alicyclic amines) is 1. The van der Waals surface area contributed by atoms with Gasteiger partial charge in [0.05, 0.1) is 11.0 Å². The minimum absolute atomic E-state index is 0.0495. The van der Waals surface area contributed by atoms with Crippen LogP contribution < -0.4 is 10.1 Å². The molecule has 7 nitrogen and oxygen atoms in total. The SMILES string of the molecule is O=C(N[C@@]12CCC(=O)[C@@H]3Oc4c(O)ccc5c4C31CCN(CC1CC1)[C@@H]2C5)c1cc2ccccc2cn1. The number of carbonyl (C=O) groups excluding carboxylic acids is 2. The number of phenolic OH excluding ortho intramolecular Hbond substituents is 1. The molecule has 1 spiro atoms. The van der Waals surface area contributed by atoms with Crippen molar-refractivity contribution in [1.29, 1.82) is 0 Å². The number of aromatic nitrogens is 1. The number of benzene rings is 2. The van der Waals surface area contributed by atoms with Crippen molar-refractivity contribution in [3.05, 3.63) is 65.5 Å².